The molecule has 0 unspecified atom stereocenters. The Hall–Kier alpha value is -0.683. The summed E-state index contributed by atoms with van der Waals surface area (Å²) in [6.45, 7) is 9.64. The van der Waals surface area contributed by atoms with Gasteiger partial charge in [0.05, 0.1) is 12.9 Å². The highest BCUT2D eigenvalue weighted by molar-refractivity contribution is 6.83. The van der Waals surface area contributed by atoms with E-state index in [1.165, 1.54) is 6.42 Å². The summed E-state index contributed by atoms with van der Waals surface area (Å²) in [6.07, 6.45) is 5.79. The van der Waals surface area contributed by atoms with Crippen molar-refractivity contribution in [2.45, 2.75) is 39.4 Å². The fourth-order valence-corrected chi connectivity index (χ4v) is 1.15. The van der Waals surface area contributed by atoms with Gasteiger partial charge in [0.2, 0.25) is 0 Å². The summed E-state index contributed by atoms with van der Waals surface area (Å²) in [5.41, 5.74) is 3.23. The van der Waals surface area contributed by atoms with Crippen LogP contribution in [0, 0.1) is 11.5 Å². The fourth-order valence-electron chi connectivity index (χ4n) is 0.636. The van der Waals surface area contributed by atoms with E-state index in [2.05, 4.69) is 38.0 Å². The molecule has 0 spiro atoms. The van der Waals surface area contributed by atoms with Crippen LogP contribution in [-0.4, -0.2) is 14.7 Å². The van der Waals surface area contributed by atoms with Crippen LogP contribution >= 0.6 is 0 Å². The maximum absolute atomic E-state index is 5.22. The van der Waals surface area contributed by atoms with Crippen LogP contribution in [0.3, 0.4) is 0 Å². The molecular weight excluding hydrogens is 176 g/mol. The second-order valence-electron chi connectivity index (χ2n) is 4.05. The molecular formula is C11H20OSi. The molecule has 0 aromatic rings. The van der Waals surface area contributed by atoms with E-state index in [9.17, 15) is 0 Å². The van der Waals surface area contributed by atoms with Crippen molar-refractivity contribution in [3.05, 3.63) is 12.3 Å². The van der Waals surface area contributed by atoms with E-state index >= 15 is 0 Å². The molecule has 0 bridgehead atoms. The predicted molar refractivity (Wildman–Crippen MR) is 61.1 cm³/mol. The normalized spacial score (nSPS) is 11.1. The maximum atomic E-state index is 5.22. The van der Waals surface area contributed by atoms with Gasteiger partial charge < -0.3 is 4.74 Å². The highest BCUT2D eigenvalue weighted by Crippen LogP contribution is 1.96. The SMILES string of the molecule is CCCCOC=CC#C[Si](C)(C)C. The third kappa shape index (κ3) is 11.3. The van der Waals surface area contributed by atoms with Crippen LogP contribution in [0.5, 0.6) is 0 Å². The Balaban J connectivity index is 3.55. The highest BCUT2D eigenvalue weighted by atomic mass is 28.3. The molecule has 0 heterocycles. The lowest BCUT2D eigenvalue weighted by Crippen LogP contribution is -2.16. The number of hydrogen-bond donors (Lipinski definition) is 0. The molecule has 0 atom stereocenters. The van der Waals surface area contributed by atoms with Crippen molar-refractivity contribution in [1.29, 1.82) is 0 Å². The van der Waals surface area contributed by atoms with Crippen molar-refractivity contribution >= 4 is 8.07 Å². The van der Waals surface area contributed by atoms with Gasteiger partial charge in [-0.2, -0.15) is 0 Å². The minimum absolute atomic E-state index is 0.807. The molecule has 0 amide bonds. The van der Waals surface area contributed by atoms with Gasteiger partial charge in [-0.15, -0.1) is 5.54 Å². The number of rotatable bonds is 4. The second-order valence-corrected chi connectivity index (χ2v) is 8.80. The van der Waals surface area contributed by atoms with E-state index in [4.69, 9.17) is 4.74 Å². The van der Waals surface area contributed by atoms with Gasteiger partial charge in [-0.05, 0) is 6.42 Å². The molecule has 0 aromatic carbocycles. The summed E-state index contributed by atoms with van der Waals surface area (Å²) in [6, 6.07) is 0. The molecule has 0 aliphatic rings. The minimum atomic E-state index is -1.20. The summed E-state index contributed by atoms with van der Waals surface area (Å²) in [5, 5.41) is 0. The Bertz CT molecular complexity index is 202. The van der Waals surface area contributed by atoms with Crippen molar-refractivity contribution in [2.24, 2.45) is 0 Å². The van der Waals surface area contributed by atoms with Gasteiger partial charge in [0, 0.05) is 6.08 Å². The Kier molecular flexibility index (Phi) is 6.44. The summed E-state index contributed by atoms with van der Waals surface area (Å²) >= 11 is 0. The fraction of sp³-hybridized carbons (Fsp3) is 0.636. The zero-order valence-electron chi connectivity index (χ0n) is 9.18. The molecule has 0 aliphatic carbocycles. The van der Waals surface area contributed by atoms with Crippen LogP contribution in [0.15, 0.2) is 12.3 Å². The molecule has 0 rings (SSSR count). The van der Waals surface area contributed by atoms with E-state index in [1.54, 1.807) is 12.3 Å². The first-order chi connectivity index (χ1) is 6.06. The van der Waals surface area contributed by atoms with Gasteiger partial charge in [0.15, 0.2) is 0 Å². The third-order valence-electron chi connectivity index (χ3n) is 1.31. The van der Waals surface area contributed by atoms with Gasteiger partial charge in [0.1, 0.15) is 8.07 Å². The quantitative estimate of drug-likeness (QED) is 0.290. The molecule has 0 aromatic heterocycles. The molecule has 2 heteroatoms. The topological polar surface area (TPSA) is 9.23 Å². The second kappa shape index (κ2) is 6.79. The highest BCUT2D eigenvalue weighted by Gasteiger charge is 2.06. The van der Waals surface area contributed by atoms with E-state index in [-0.39, 0.29) is 0 Å². The first-order valence-corrected chi connectivity index (χ1v) is 8.35. The van der Waals surface area contributed by atoms with Crippen LogP contribution in [0.4, 0.5) is 0 Å². The standard InChI is InChI=1S/C11H20OSi/c1-5-6-9-12-10-7-8-11-13(2,3)4/h7,10H,5-6,9H2,1-4H3. The van der Waals surface area contributed by atoms with Gasteiger partial charge in [-0.1, -0.05) is 38.9 Å². The average molecular weight is 196 g/mol. The van der Waals surface area contributed by atoms with Crippen LogP contribution in [-0.2, 0) is 4.74 Å². The lowest BCUT2D eigenvalue weighted by Gasteiger charge is -2.02. The zero-order valence-corrected chi connectivity index (χ0v) is 10.2. The van der Waals surface area contributed by atoms with Gasteiger partial charge in [0.25, 0.3) is 0 Å². The molecule has 1 nitrogen and oxygen atoms in total. The lowest BCUT2D eigenvalue weighted by molar-refractivity contribution is 0.244. The Morgan fingerprint density at radius 1 is 1.31 bits per heavy atom. The van der Waals surface area contributed by atoms with E-state index in [0.29, 0.717) is 0 Å². The van der Waals surface area contributed by atoms with Crippen molar-refractivity contribution in [3.63, 3.8) is 0 Å². The monoisotopic (exact) mass is 196 g/mol. The summed E-state index contributed by atoms with van der Waals surface area (Å²) in [7, 11) is -1.20. The number of ether oxygens (including phenoxy) is 1. The number of allylic oxidation sites excluding steroid dienone is 1. The molecule has 13 heavy (non-hydrogen) atoms. The number of hydrogen-bond acceptors (Lipinski definition) is 1. The first kappa shape index (κ1) is 12.3. The lowest BCUT2D eigenvalue weighted by atomic mass is 10.4. The van der Waals surface area contributed by atoms with Crippen LogP contribution in [0.2, 0.25) is 19.6 Å². The summed E-state index contributed by atoms with van der Waals surface area (Å²) in [4.78, 5) is 0. The summed E-state index contributed by atoms with van der Waals surface area (Å²) < 4.78 is 5.22. The molecule has 0 saturated carbocycles. The average Bonchev–Trinajstić information content (AvgIpc) is 2.01. The molecule has 74 valence electrons. The molecule has 0 saturated heterocycles. The Morgan fingerprint density at radius 2 is 2.00 bits per heavy atom. The minimum Gasteiger partial charge on any atom is -0.501 e. The van der Waals surface area contributed by atoms with Crippen LogP contribution in [0.25, 0.3) is 0 Å². The van der Waals surface area contributed by atoms with E-state index < -0.39 is 8.07 Å². The van der Waals surface area contributed by atoms with Gasteiger partial charge in [-0.25, -0.2) is 0 Å². The van der Waals surface area contributed by atoms with Gasteiger partial charge >= 0.3 is 0 Å². The van der Waals surface area contributed by atoms with E-state index in [0.717, 1.165) is 13.0 Å². The Labute approximate surface area is 83.2 Å². The zero-order chi connectivity index (χ0) is 10.2. The number of unbranched alkanes of at least 4 members (excludes halogenated alkanes) is 1. The van der Waals surface area contributed by atoms with Gasteiger partial charge in [-0.3, -0.25) is 0 Å². The van der Waals surface area contributed by atoms with Crippen LogP contribution in [0.1, 0.15) is 19.8 Å². The maximum Gasteiger partial charge on any atom is 0.129 e. The smallest absolute Gasteiger partial charge is 0.129 e. The third-order valence-corrected chi connectivity index (χ3v) is 2.20. The van der Waals surface area contributed by atoms with Crippen molar-refractivity contribution < 1.29 is 4.74 Å². The van der Waals surface area contributed by atoms with Crippen molar-refractivity contribution in [3.8, 4) is 11.5 Å². The Morgan fingerprint density at radius 3 is 2.54 bits per heavy atom. The van der Waals surface area contributed by atoms with E-state index in [1.807, 2.05) is 0 Å². The summed E-state index contributed by atoms with van der Waals surface area (Å²) in [5.74, 6) is 3.01. The van der Waals surface area contributed by atoms with Crippen molar-refractivity contribution in [1.82, 2.24) is 0 Å². The molecule has 0 aliphatic heterocycles. The molecule has 0 fully saturated rings. The molecule has 0 radical (unpaired) electrons. The predicted octanol–water partition coefficient (Wildman–Crippen LogP) is 3.20. The van der Waals surface area contributed by atoms with Crippen molar-refractivity contribution in [2.75, 3.05) is 6.61 Å². The largest absolute Gasteiger partial charge is 0.501 e. The first-order valence-electron chi connectivity index (χ1n) is 4.85. The van der Waals surface area contributed by atoms with Crippen LogP contribution < -0.4 is 0 Å². The molecule has 0 N–H and O–H groups in total.